The summed E-state index contributed by atoms with van der Waals surface area (Å²) in [5.41, 5.74) is 0. The molecule has 0 aliphatic rings. The molecule has 0 amide bonds. The molecule has 0 saturated carbocycles. The van der Waals surface area contributed by atoms with E-state index in [1.165, 1.54) is 7.11 Å². The van der Waals surface area contributed by atoms with Crippen molar-refractivity contribution in [3.8, 4) is 5.75 Å². The monoisotopic (exact) mass is 266 g/mol. The maximum absolute atomic E-state index is 12.8. The predicted octanol–water partition coefficient (Wildman–Crippen LogP) is 2.75. The number of benzene rings is 1. The van der Waals surface area contributed by atoms with E-state index in [2.05, 4.69) is 15.9 Å². The van der Waals surface area contributed by atoms with E-state index in [1.807, 2.05) is 0 Å². The molecule has 0 bridgehead atoms. The third-order valence-electron chi connectivity index (χ3n) is 1.52. The number of ether oxygens (including phenoxy) is 2. The van der Waals surface area contributed by atoms with Gasteiger partial charge in [-0.25, -0.2) is 8.78 Å². The number of hydrogen-bond acceptors (Lipinski definition) is 2. The third-order valence-corrected chi connectivity index (χ3v) is 2.14. The molecule has 0 spiro atoms. The van der Waals surface area contributed by atoms with Gasteiger partial charge in [0, 0.05) is 13.2 Å². The lowest BCUT2D eigenvalue weighted by Gasteiger charge is -2.07. The summed E-state index contributed by atoms with van der Waals surface area (Å²) in [6.45, 7) is 0.686. The summed E-state index contributed by atoms with van der Waals surface area (Å²) in [4.78, 5) is 0. The first-order valence-corrected chi connectivity index (χ1v) is 4.70. The molecular weight excluding hydrogens is 258 g/mol. The van der Waals surface area contributed by atoms with Crippen LogP contribution in [0.15, 0.2) is 16.6 Å². The topological polar surface area (TPSA) is 18.5 Å². The Hall–Kier alpha value is -0.680. The Morgan fingerprint density at radius 2 is 1.86 bits per heavy atom. The summed E-state index contributed by atoms with van der Waals surface area (Å²) in [6.07, 6.45) is 0. The van der Waals surface area contributed by atoms with Gasteiger partial charge in [0.1, 0.15) is 12.4 Å². The minimum atomic E-state index is -0.930. The second-order valence-corrected chi connectivity index (χ2v) is 3.39. The minimum absolute atomic E-state index is 0.265. The zero-order chi connectivity index (χ0) is 10.6. The Kier molecular flexibility index (Phi) is 4.28. The van der Waals surface area contributed by atoms with Gasteiger partial charge in [0.15, 0.2) is 11.6 Å². The fourth-order valence-electron chi connectivity index (χ4n) is 0.850. The third kappa shape index (κ3) is 2.92. The van der Waals surface area contributed by atoms with Crippen molar-refractivity contribution in [2.45, 2.75) is 0 Å². The Balaban J connectivity index is 2.72. The molecule has 5 heteroatoms. The van der Waals surface area contributed by atoms with E-state index in [9.17, 15) is 8.78 Å². The zero-order valence-electron chi connectivity index (χ0n) is 7.52. The van der Waals surface area contributed by atoms with E-state index in [-0.39, 0.29) is 5.75 Å². The molecule has 14 heavy (non-hydrogen) atoms. The Bertz CT molecular complexity index is 318. The first-order chi connectivity index (χ1) is 6.65. The van der Waals surface area contributed by atoms with Crippen LogP contribution in [0.3, 0.4) is 0 Å². The second kappa shape index (κ2) is 5.26. The van der Waals surface area contributed by atoms with Crippen LogP contribution in [0.5, 0.6) is 5.75 Å². The largest absolute Gasteiger partial charge is 0.490 e. The Morgan fingerprint density at radius 1 is 1.21 bits per heavy atom. The van der Waals surface area contributed by atoms with Crippen molar-refractivity contribution in [2.24, 2.45) is 0 Å². The molecule has 0 heterocycles. The number of rotatable bonds is 4. The zero-order valence-corrected chi connectivity index (χ0v) is 9.11. The van der Waals surface area contributed by atoms with Crippen LogP contribution in [0.25, 0.3) is 0 Å². The van der Waals surface area contributed by atoms with Crippen LogP contribution in [-0.2, 0) is 4.74 Å². The lowest BCUT2D eigenvalue weighted by atomic mass is 10.3. The van der Waals surface area contributed by atoms with E-state index in [0.29, 0.717) is 17.7 Å². The Labute approximate surface area is 89.0 Å². The molecule has 0 aliphatic heterocycles. The molecule has 1 aromatic rings. The molecule has 0 aromatic heterocycles. The molecule has 0 saturated heterocycles. The van der Waals surface area contributed by atoms with Gasteiger partial charge < -0.3 is 9.47 Å². The van der Waals surface area contributed by atoms with E-state index in [0.717, 1.165) is 12.1 Å². The highest BCUT2D eigenvalue weighted by molar-refractivity contribution is 9.10. The molecule has 0 radical (unpaired) electrons. The van der Waals surface area contributed by atoms with Crippen LogP contribution in [-0.4, -0.2) is 20.3 Å². The summed E-state index contributed by atoms with van der Waals surface area (Å²) in [7, 11) is 1.53. The molecule has 1 aromatic carbocycles. The first kappa shape index (κ1) is 11.4. The molecule has 1 rings (SSSR count). The fraction of sp³-hybridized carbons (Fsp3) is 0.333. The van der Waals surface area contributed by atoms with Gasteiger partial charge in [-0.3, -0.25) is 0 Å². The van der Waals surface area contributed by atoms with E-state index < -0.39 is 11.6 Å². The minimum Gasteiger partial charge on any atom is -0.490 e. The van der Waals surface area contributed by atoms with Crippen molar-refractivity contribution in [3.63, 3.8) is 0 Å². The smallest absolute Gasteiger partial charge is 0.162 e. The quantitative estimate of drug-likeness (QED) is 0.617. The maximum Gasteiger partial charge on any atom is 0.162 e. The highest BCUT2D eigenvalue weighted by Crippen LogP contribution is 2.27. The SMILES string of the molecule is COCCOc1cc(F)c(F)cc1Br. The molecule has 0 unspecified atom stereocenters. The molecular formula is C9H9BrF2O2. The van der Waals surface area contributed by atoms with E-state index in [4.69, 9.17) is 9.47 Å². The van der Waals surface area contributed by atoms with Gasteiger partial charge in [-0.2, -0.15) is 0 Å². The van der Waals surface area contributed by atoms with Crippen LogP contribution in [0.1, 0.15) is 0 Å². The van der Waals surface area contributed by atoms with Gasteiger partial charge in [0.2, 0.25) is 0 Å². The number of methoxy groups -OCH3 is 1. The molecule has 78 valence electrons. The van der Waals surface area contributed by atoms with Crippen LogP contribution in [0.2, 0.25) is 0 Å². The fourth-order valence-corrected chi connectivity index (χ4v) is 1.28. The van der Waals surface area contributed by atoms with Crippen molar-refractivity contribution in [2.75, 3.05) is 20.3 Å². The molecule has 0 atom stereocenters. The highest BCUT2D eigenvalue weighted by atomic mass is 79.9. The van der Waals surface area contributed by atoms with Crippen molar-refractivity contribution < 1.29 is 18.3 Å². The normalized spacial score (nSPS) is 10.3. The van der Waals surface area contributed by atoms with Crippen LogP contribution >= 0.6 is 15.9 Å². The van der Waals surface area contributed by atoms with Crippen molar-refractivity contribution in [3.05, 3.63) is 28.2 Å². The van der Waals surface area contributed by atoms with E-state index >= 15 is 0 Å². The Morgan fingerprint density at radius 3 is 2.50 bits per heavy atom. The van der Waals surface area contributed by atoms with Crippen molar-refractivity contribution in [1.82, 2.24) is 0 Å². The van der Waals surface area contributed by atoms with Gasteiger partial charge >= 0.3 is 0 Å². The van der Waals surface area contributed by atoms with Gasteiger partial charge in [-0.1, -0.05) is 0 Å². The first-order valence-electron chi connectivity index (χ1n) is 3.91. The highest BCUT2D eigenvalue weighted by Gasteiger charge is 2.08. The summed E-state index contributed by atoms with van der Waals surface area (Å²) in [5.74, 6) is -1.57. The maximum atomic E-state index is 12.8. The van der Waals surface area contributed by atoms with Gasteiger partial charge in [0.05, 0.1) is 11.1 Å². The summed E-state index contributed by atoms with van der Waals surface area (Å²) < 4.78 is 35.7. The molecule has 2 nitrogen and oxygen atoms in total. The second-order valence-electron chi connectivity index (χ2n) is 2.54. The average Bonchev–Trinajstić information content (AvgIpc) is 2.14. The average molecular weight is 267 g/mol. The summed E-state index contributed by atoms with van der Waals surface area (Å²) in [5, 5.41) is 0. The molecule has 0 N–H and O–H groups in total. The molecule has 0 fully saturated rings. The van der Waals surface area contributed by atoms with Gasteiger partial charge in [-0.15, -0.1) is 0 Å². The standard InChI is InChI=1S/C9H9BrF2O2/c1-13-2-3-14-9-5-8(12)7(11)4-6(9)10/h4-5H,2-3H2,1H3. The number of halogens is 3. The van der Waals surface area contributed by atoms with Gasteiger partial charge in [0.25, 0.3) is 0 Å². The number of hydrogen-bond donors (Lipinski definition) is 0. The van der Waals surface area contributed by atoms with Crippen molar-refractivity contribution in [1.29, 1.82) is 0 Å². The van der Waals surface area contributed by atoms with Crippen molar-refractivity contribution >= 4 is 15.9 Å². The lowest BCUT2D eigenvalue weighted by molar-refractivity contribution is 0.145. The predicted molar refractivity (Wildman–Crippen MR) is 51.4 cm³/mol. The molecule has 0 aliphatic carbocycles. The van der Waals surface area contributed by atoms with Crippen LogP contribution < -0.4 is 4.74 Å². The summed E-state index contributed by atoms with van der Waals surface area (Å²) in [6, 6.07) is 2.02. The van der Waals surface area contributed by atoms with E-state index in [1.54, 1.807) is 0 Å². The lowest BCUT2D eigenvalue weighted by Crippen LogP contribution is -2.05. The van der Waals surface area contributed by atoms with Gasteiger partial charge in [-0.05, 0) is 22.0 Å². The summed E-state index contributed by atoms with van der Waals surface area (Å²) >= 11 is 3.06. The van der Waals surface area contributed by atoms with Crippen LogP contribution in [0.4, 0.5) is 8.78 Å². The van der Waals surface area contributed by atoms with Crippen LogP contribution in [0, 0.1) is 11.6 Å².